The topological polar surface area (TPSA) is 24.1 Å². The molecule has 2 unspecified atom stereocenters. The Hall–Kier alpha value is -0.150. The van der Waals surface area contributed by atoms with Crippen LogP contribution >= 0.6 is 0 Å². The van der Waals surface area contributed by atoms with Crippen LogP contribution in [0.4, 0.5) is 4.39 Å². The first-order valence-electron chi connectivity index (χ1n) is 5.44. The monoisotopic (exact) mass is 186 g/mol. The second kappa shape index (κ2) is 4.38. The highest BCUT2D eigenvalue weighted by molar-refractivity contribution is 4.86. The van der Waals surface area contributed by atoms with E-state index in [0.29, 0.717) is 18.4 Å². The fourth-order valence-corrected chi connectivity index (χ4v) is 2.51. The molecule has 2 rings (SSSR count). The molecule has 3 heteroatoms. The van der Waals surface area contributed by atoms with Gasteiger partial charge in [-0.25, -0.2) is 4.39 Å². The molecule has 0 bridgehead atoms. The van der Waals surface area contributed by atoms with Crippen molar-refractivity contribution in [3.05, 3.63) is 0 Å². The number of halogens is 1. The van der Waals surface area contributed by atoms with Crippen LogP contribution < -0.4 is 10.6 Å². The van der Waals surface area contributed by atoms with E-state index in [1.165, 1.54) is 12.8 Å². The molecule has 2 aliphatic heterocycles. The Morgan fingerprint density at radius 3 is 2.46 bits per heavy atom. The van der Waals surface area contributed by atoms with Crippen molar-refractivity contribution in [2.75, 3.05) is 19.6 Å². The van der Waals surface area contributed by atoms with Gasteiger partial charge in [0.25, 0.3) is 0 Å². The van der Waals surface area contributed by atoms with Crippen LogP contribution in [0.15, 0.2) is 0 Å². The van der Waals surface area contributed by atoms with E-state index < -0.39 is 6.17 Å². The lowest BCUT2D eigenvalue weighted by atomic mass is 9.85. The van der Waals surface area contributed by atoms with E-state index in [2.05, 4.69) is 10.6 Å². The fraction of sp³-hybridized carbons (Fsp3) is 1.00. The Bertz CT molecular complexity index is 157. The highest BCUT2D eigenvalue weighted by Crippen LogP contribution is 2.24. The lowest BCUT2D eigenvalue weighted by molar-refractivity contribution is 0.167. The maximum Gasteiger partial charge on any atom is 0.103 e. The Morgan fingerprint density at radius 2 is 1.77 bits per heavy atom. The van der Waals surface area contributed by atoms with Crippen LogP contribution in [0.5, 0.6) is 0 Å². The smallest absolute Gasteiger partial charge is 0.103 e. The molecule has 0 spiro atoms. The zero-order chi connectivity index (χ0) is 9.10. The normalized spacial score (nSPS) is 37.6. The molecule has 2 heterocycles. The molecule has 0 amide bonds. The van der Waals surface area contributed by atoms with Crippen molar-refractivity contribution in [1.29, 1.82) is 0 Å². The summed E-state index contributed by atoms with van der Waals surface area (Å²) in [4.78, 5) is 0. The maximum atomic E-state index is 13.1. The van der Waals surface area contributed by atoms with E-state index in [4.69, 9.17) is 0 Å². The molecule has 0 aromatic rings. The van der Waals surface area contributed by atoms with Crippen LogP contribution in [-0.2, 0) is 0 Å². The van der Waals surface area contributed by atoms with E-state index in [1.54, 1.807) is 0 Å². The van der Waals surface area contributed by atoms with Gasteiger partial charge in [-0.1, -0.05) is 0 Å². The summed E-state index contributed by atoms with van der Waals surface area (Å²) in [5, 5.41) is 6.79. The van der Waals surface area contributed by atoms with Gasteiger partial charge in [0.05, 0.1) is 0 Å². The summed E-state index contributed by atoms with van der Waals surface area (Å²) in [6.45, 7) is 3.09. The number of rotatable bonds is 1. The van der Waals surface area contributed by atoms with Crippen molar-refractivity contribution >= 4 is 0 Å². The van der Waals surface area contributed by atoms with Crippen molar-refractivity contribution in [3.8, 4) is 0 Å². The second-order valence-electron chi connectivity index (χ2n) is 4.27. The van der Waals surface area contributed by atoms with E-state index in [1.807, 2.05) is 0 Å². The van der Waals surface area contributed by atoms with Gasteiger partial charge in [0, 0.05) is 6.04 Å². The number of hydrogen-bond acceptors (Lipinski definition) is 2. The number of hydrogen-bond donors (Lipinski definition) is 2. The molecule has 2 fully saturated rings. The number of nitrogens with one attached hydrogen (secondary N) is 2. The minimum atomic E-state index is -0.555. The lowest BCUT2D eigenvalue weighted by Gasteiger charge is -2.35. The Balaban J connectivity index is 1.83. The first-order chi connectivity index (χ1) is 6.36. The summed E-state index contributed by atoms with van der Waals surface area (Å²) in [6, 6.07) is 0.450. The van der Waals surface area contributed by atoms with Gasteiger partial charge in [-0.15, -0.1) is 0 Å². The Morgan fingerprint density at radius 1 is 1.00 bits per heavy atom. The quantitative estimate of drug-likeness (QED) is 0.640. The highest BCUT2D eigenvalue weighted by atomic mass is 19.1. The van der Waals surface area contributed by atoms with Crippen molar-refractivity contribution in [3.63, 3.8) is 0 Å². The van der Waals surface area contributed by atoms with Crippen molar-refractivity contribution < 1.29 is 4.39 Å². The number of alkyl halides is 1. The summed E-state index contributed by atoms with van der Waals surface area (Å²) < 4.78 is 13.1. The predicted octanol–water partition coefficient (Wildman–Crippen LogP) is 1.08. The van der Waals surface area contributed by atoms with Crippen LogP contribution in [0.1, 0.15) is 25.7 Å². The zero-order valence-corrected chi connectivity index (χ0v) is 8.06. The predicted molar refractivity (Wildman–Crippen MR) is 51.5 cm³/mol. The lowest BCUT2D eigenvalue weighted by Crippen LogP contribution is -2.46. The van der Waals surface area contributed by atoms with Crippen LogP contribution in [0, 0.1) is 5.92 Å². The van der Waals surface area contributed by atoms with Gasteiger partial charge >= 0.3 is 0 Å². The minimum Gasteiger partial charge on any atom is -0.317 e. The summed E-state index contributed by atoms with van der Waals surface area (Å²) in [7, 11) is 0. The van der Waals surface area contributed by atoms with Crippen molar-refractivity contribution in [2.45, 2.75) is 37.9 Å². The van der Waals surface area contributed by atoms with Crippen LogP contribution in [0.3, 0.4) is 0 Å². The van der Waals surface area contributed by atoms with Gasteiger partial charge in [0.15, 0.2) is 0 Å². The molecule has 0 saturated carbocycles. The third kappa shape index (κ3) is 2.41. The molecule has 2 aliphatic rings. The molecule has 0 aromatic heterocycles. The molecular weight excluding hydrogens is 167 g/mol. The van der Waals surface area contributed by atoms with Crippen LogP contribution in [-0.4, -0.2) is 31.8 Å². The molecule has 76 valence electrons. The SMILES string of the molecule is FC1CCNC(C2CCNCC2)C1. The second-order valence-corrected chi connectivity index (χ2v) is 4.27. The average Bonchev–Trinajstić information content (AvgIpc) is 2.19. The molecule has 0 aliphatic carbocycles. The molecule has 0 radical (unpaired) electrons. The van der Waals surface area contributed by atoms with E-state index >= 15 is 0 Å². The summed E-state index contributed by atoms with van der Waals surface area (Å²) in [6.07, 6.45) is 3.32. The Labute approximate surface area is 79.3 Å². The maximum absolute atomic E-state index is 13.1. The van der Waals surface area contributed by atoms with Gasteiger partial charge in [0.1, 0.15) is 6.17 Å². The third-order valence-electron chi connectivity index (χ3n) is 3.33. The summed E-state index contributed by atoms with van der Waals surface area (Å²) in [5.41, 5.74) is 0. The largest absolute Gasteiger partial charge is 0.317 e. The molecule has 13 heavy (non-hydrogen) atoms. The zero-order valence-electron chi connectivity index (χ0n) is 8.06. The Kier molecular flexibility index (Phi) is 3.17. The number of piperidine rings is 2. The summed E-state index contributed by atoms with van der Waals surface area (Å²) in [5.74, 6) is 0.708. The van der Waals surface area contributed by atoms with Gasteiger partial charge in [-0.2, -0.15) is 0 Å². The van der Waals surface area contributed by atoms with Gasteiger partial charge in [-0.05, 0) is 51.2 Å². The van der Waals surface area contributed by atoms with Crippen LogP contribution in [0.2, 0.25) is 0 Å². The van der Waals surface area contributed by atoms with Gasteiger partial charge in [0.2, 0.25) is 0 Å². The van der Waals surface area contributed by atoms with Crippen molar-refractivity contribution in [2.24, 2.45) is 5.92 Å². The molecule has 2 N–H and O–H groups in total. The fourth-order valence-electron chi connectivity index (χ4n) is 2.51. The molecule has 2 atom stereocenters. The summed E-state index contributed by atoms with van der Waals surface area (Å²) >= 11 is 0. The molecule has 2 nitrogen and oxygen atoms in total. The highest BCUT2D eigenvalue weighted by Gasteiger charge is 2.28. The molecule has 2 saturated heterocycles. The molecule has 0 aromatic carbocycles. The van der Waals surface area contributed by atoms with E-state index in [0.717, 1.165) is 26.1 Å². The first kappa shape index (κ1) is 9.41. The van der Waals surface area contributed by atoms with Gasteiger partial charge < -0.3 is 10.6 Å². The van der Waals surface area contributed by atoms with E-state index in [9.17, 15) is 4.39 Å². The third-order valence-corrected chi connectivity index (χ3v) is 3.33. The molecular formula is C10H19FN2. The first-order valence-corrected chi connectivity index (χ1v) is 5.44. The van der Waals surface area contributed by atoms with Crippen molar-refractivity contribution in [1.82, 2.24) is 10.6 Å². The van der Waals surface area contributed by atoms with Crippen LogP contribution in [0.25, 0.3) is 0 Å². The van der Waals surface area contributed by atoms with Gasteiger partial charge in [-0.3, -0.25) is 0 Å². The minimum absolute atomic E-state index is 0.450. The standard InChI is InChI=1S/C10H19FN2/c11-9-3-6-13-10(7-9)8-1-4-12-5-2-8/h8-10,12-13H,1-7H2. The van der Waals surface area contributed by atoms with E-state index in [-0.39, 0.29) is 0 Å². The average molecular weight is 186 g/mol.